The lowest BCUT2D eigenvalue weighted by Crippen LogP contribution is -1.99. The van der Waals surface area contributed by atoms with Gasteiger partial charge in [-0.25, -0.2) is 4.21 Å². The third-order valence-corrected chi connectivity index (χ3v) is 6.68. The van der Waals surface area contributed by atoms with E-state index in [1.54, 1.807) is 0 Å². The molecular weight excluding hydrogens is 374 g/mol. The average molecular weight is 394 g/mol. The molecule has 0 spiro atoms. The summed E-state index contributed by atoms with van der Waals surface area (Å²) in [5.74, 6) is 0. The predicted octanol–water partition coefficient (Wildman–Crippen LogP) is 6.53. The Labute approximate surface area is 172 Å². The summed E-state index contributed by atoms with van der Waals surface area (Å²) in [5, 5.41) is 4.36. The van der Waals surface area contributed by atoms with E-state index in [9.17, 15) is 4.21 Å². The van der Waals surface area contributed by atoms with Crippen LogP contribution >= 0.6 is 0 Å². The van der Waals surface area contributed by atoms with Crippen LogP contribution in [-0.2, 0) is 10.8 Å². The van der Waals surface area contributed by atoms with E-state index in [4.69, 9.17) is 4.98 Å². The van der Waals surface area contributed by atoms with Crippen LogP contribution in [0.5, 0.6) is 0 Å². The second-order valence-electron chi connectivity index (χ2n) is 7.12. The molecule has 1 aromatic heterocycles. The van der Waals surface area contributed by atoms with Gasteiger partial charge in [0.2, 0.25) is 0 Å². The fourth-order valence-electron chi connectivity index (χ4n) is 3.76. The molecule has 29 heavy (non-hydrogen) atoms. The van der Waals surface area contributed by atoms with E-state index in [1.807, 2.05) is 79.9 Å². The number of nitrogens with zero attached hydrogens (tertiary/aromatic N) is 1. The van der Waals surface area contributed by atoms with Crippen molar-refractivity contribution < 1.29 is 4.21 Å². The Morgan fingerprint density at radius 2 is 1.34 bits per heavy atom. The van der Waals surface area contributed by atoms with Crippen molar-refractivity contribution in [3.05, 3.63) is 103 Å². The van der Waals surface area contributed by atoms with Crippen molar-refractivity contribution >= 4 is 32.3 Å². The van der Waals surface area contributed by atoms with E-state index < -0.39 is 10.8 Å². The molecule has 0 aliphatic heterocycles. The molecule has 4 aromatic carbocycles. The maximum absolute atomic E-state index is 13.6. The highest BCUT2D eigenvalue weighted by Crippen LogP contribution is 2.38. The molecule has 0 saturated carbocycles. The van der Waals surface area contributed by atoms with Crippen molar-refractivity contribution in [2.75, 3.05) is 0 Å². The first-order chi connectivity index (χ1) is 14.2. The Morgan fingerprint density at radius 3 is 2.10 bits per heavy atom. The minimum atomic E-state index is -1.31. The van der Waals surface area contributed by atoms with Crippen LogP contribution in [0.4, 0.5) is 0 Å². The van der Waals surface area contributed by atoms with Gasteiger partial charge < -0.3 is 0 Å². The van der Waals surface area contributed by atoms with Crippen LogP contribution in [0.1, 0.15) is 5.56 Å². The SMILES string of the molecule is Cc1ccc(S(=O)c2ccc3ccccc3c2-c2nccc3ccccc23)cc1. The number of hydrogen-bond acceptors (Lipinski definition) is 2. The van der Waals surface area contributed by atoms with Crippen LogP contribution in [0.15, 0.2) is 107 Å². The van der Waals surface area contributed by atoms with E-state index in [2.05, 4.69) is 24.3 Å². The van der Waals surface area contributed by atoms with Gasteiger partial charge in [-0.1, -0.05) is 72.3 Å². The molecule has 0 fully saturated rings. The van der Waals surface area contributed by atoms with Crippen molar-refractivity contribution in [3.8, 4) is 11.3 Å². The lowest BCUT2D eigenvalue weighted by Gasteiger charge is -2.15. The number of benzene rings is 4. The normalized spacial score (nSPS) is 12.3. The number of rotatable bonds is 3. The molecule has 5 rings (SSSR count). The zero-order valence-corrected chi connectivity index (χ0v) is 16.8. The van der Waals surface area contributed by atoms with Crippen molar-refractivity contribution in [2.45, 2.75) is 16.7 Å². The van der Waals surface area contributed by atoms with Crippen molar-refractivity contribution in [1.82, 2.24) is 4.98 Å². The molecule has 0 aliphatic carbocycles. The average Bonchev–Trinajstić information content (AvgIpc) is 2.78. The van der Waals surface area contributed by atoms with Crippen molar-refractivity contribution in [1.29, 1.82) is 0 Å². The Bertz CT molecular complexity index is 1370. The number of aromatic nitrogens is 1. The highest BCUT2D eigenvalue weighted by Gasteiger charge is 2.19. The molecule has 1 atom stereocenters. The molecule has 1 unspecified atom stereocenters. The molecule has 0 saturated heterocycles. The summed E-state index contributed by atoms with van der Waals surface area (Å²) in [4.78, 5) is 6.33. The molecular formula is C26H19NOS. The van der Waals surface area contributed by atoms with E-state index in [0.29, 0.717) is 0 Å². The number of pyridine rings is 1. The summed E-state index contributed by atoms with van der Waals surface area (Å²) in [5.41, 5.74) is 2.97. The minimum absolute atomic E-state index is 0.788. The topological polar surface area (TPSA) is 30.0 Å². The number of fused-ring (bicyclic) bond motifs is 2. The first kappa shape index (κ1) is 17.8. The highest BCUT2D eigenvalue weighted by atomic mass is 32.2. The minimum Gasteiger partial charge on any atom is -0.256 e. The van der Waals surface area contributed by atoms with Gasteiger partial charge in [0.1, 0.15) is 0 Å². The summed E-state index contributed by atoms with van der Waals surface area (Å²) in [7, 11) is -1.31. The third kappa shape index (κ3) is 3.14. The summed E-state index contributed by atoms with van der Waals surface area (Å²) in [6.45, 7) is 2.04. The number of hydrogen-bond donors (Lipinski definition) is 0. The summed E-state index contributed by atoms with van der Waals surface area (Å²) >= 11 is 0. The summed E-state index contributed by atoms with van der Waals surface area (Å²) in [6, 6.07) is 30.4. The van der Waals surface area contributed by atoms with Gasteiger partial charge >= 0.3 is 0 Å². The van der Waals surface area contributed by atoms with Gasteiger partial charge in [0, 0.05) is 22.0 Å². The van der Waals surface area contributed by atoms with Gasteiger partial charge in [-0.05, 0) is 47.3 Å². The zero-order valence-electron chi connectivity index (χ0n) is 16.0. The summed E-state index contributed by atoms with van der Waals surface area (Å²) < 4.78 is 13.6. The Kier molecular flexibility index (Phi) is 4.45. The molecule has 0 bridgehead atoms. The van der Waals surface area contributed by atoms with Gasteiger partial charge in [0.05, 0.1) is 21.4 Å². The van der Waals surface area contributed by atoms with Crippen LogP contribution in [-0.4, -0.2) is 9.19 Å². The maximum atomic E-state index is 13.6. The lowest BCUT2D eigenvalue weighted by atomic mass is 9.98. The van der Waals surface area contributed by atoms with Crippen molar-refractivity contribution in [3.63, 3.8) is 0 Å². The Balaban J connectivity index is 1.84. The second kappa shape index (κ2) is 7.26. The largest absolute Gasteiger partial charge is 0.256 e. The van der Waals surface area contributed by atoms with Crippen LogP contribution in [0, 0.1) is 6.92 Å². The van der Waals surface area contributed by atoms with E-state index >= 15 is 0 Å². The maximum Gasteiger partial charge on any atom is 0.0856 e. The van der Waals surface area contributed by atoms with Crippen LogP contribution in [0.3, 0.4) is 0 Å². The monoisotopic (exact) mass is 393 g/mol. The van der Waals surface area contributed by atoms with Gasteiger partial charge in [-0.15, -0.1) is 0 Å². The number of aryl methyl sites for hydroxylation is 1. The van der Waals surface area contributed by atoms with Gasteiger partial charge in [-0.3, -0.25) is 4.98 Å². The lowest BCUT2D eigenvalue weighted by molar-refractivity contribution is 0.683. The molecule has 1 heterocycles. The predicted molar refractivity (Wildman–Crippen MR) is 121 cm³/mol. The summed E-state index contributed by atoms with van der Waals surface area (Å²) in [6.07, 6.45) is 1.83. The highest BCUT2D eigenvalue weighted by molar-refractivity contribution is 7.85. The van der Waals surface area contributed by atoms with Gasteiger partial charge in [0.15, 0.2) is 0 Å². The van der Waals surface area contributed by atoms with Gasteiger partial charge in [0.25, 0.3) is 0 Å². The van der Waals surface area contributed by atoms with E-state index in [1.165, 1.54) is 0 Å². The Morgan fingerprint density at radius 1 is 0.690 bits per heavy atom. The molecule has 0 aliphatic rings. The fraction of sp³-hybridized carbons (Fsp3) is 0.0385. The van der Waals surface area contributed by atoms with Crippen LogP contribution in [0.25, 0.3) is 32.8 Å². The first-order valence-corrected chi connectivity index (χ1v) is 10.7. The smallest absolute Gasteiger partial charge is 0.0856 e. The second-order valence-corrected chi connectivity index (χ2v) is 8.57. The standard InChI is InChI=1S/C26H19NOS/c1-18-10-13-21(14-11-18)29(28)24-15-12-19-6-2-4-8-22(19)25(24)26-23-9-5-3-7-20(23)16-17-27-26/h2-17H,1H3. The van der Waals surface area contributed by atoms with Gasteiger partial charge in [-0.2, -0.15) is 0 Å². The molecule has 5 aromatic rings. The molecule has 3 heteroatoms. The van der Waals surface area contributed by atoms with E-state index in [0.717, 1.165) is 48.2 Å². The fourth-order valence-corrected chi connectivity index (χ4v) is 4.98. The third-order valence-electron chi connectivity index (χ3n) is 5.24. The first-order valence-electron chi connectivity index (χ1n) is 9.57. The van der Waals surface area contributed by atoms with E-state index in [-0.39, 0.29) is 0 Å². The molecule has 0 amide bonds. The van der Waals surface area contributed by atoms with Crippen molar-refractivity contribution in [2.24, 2.45) is 0 Å². The zero-order chi connectivity index (χ0) is 19.8. The molecule has 0 N–H and O–H groups in total. The molecule has 0 radical (unpaired) electrons. The van der Waals surface area contributed by atoms with Crippen LogP contribution < -0.4 is 0 Å². The Hall–Kier alpha value is -3.30. The molecule has 2 nitrogen and oxygen atoms in total. The quantitative estimate of drug-likeness (QED) is 0.349. The van der Waals surface area contributed by atoms with Crippen LogP contribution in [0.2, 0.25) is 0 Å². The molecule has 140 valence electrons.